The standard InChI is InChI=1S/2C23H23N5/c2*1-2-8-18(9-3-1)23-25-27-28(26-23)22(21-11-6-14-24-16-21)20-13-12-17-7-4-5-10-19(17)15-20/h2*1-5,7-10,12-13,15,21-22,24H,6,11,14,16H2/t2*21-,22-/m10/s1. The summed E-state index contributed by atoms with van der Waals surface area (Å²) in [5.74, 6) is 2.23. The minimum Gasteiger partial charge on any atom is -0.316 e. The van der Waals surface area contributed by atoms with Crippen molar-refractivity contribution in [2.45, 2.75) is 37.8 Å². The molecule has 0 unspecified atom stereocenters. The molecular weight excluding hydrogens is 693 g/mol. The van der Waals surface area contributed by atoms with Gasteiger partial charge in [0.05, 0.1) is 0 Å². The first kappa shape index (κ1) is 35.6. The maximum Gasteiger partial charge on any atom is 0.204 e. The van der Waals surface area contributed by atoms with Gasteiger partial charge in [-0.15, -0.1) is 20.4 Å². The number of fused-ring (bicyclic) bond motifs is 2. The Morgan fingerprint density at radius 2 is 0.875 bits per heavy atom. The van der Waals surface area contributed by atoms with Crippen molar-refractivity contribution in [1.82, 2.24) is 51.0 Å². The van der Waals surface area contributed by atoms with E-state index in [1.54, 1.807) is 0 Å². The van der Waals surface area contributed by atoms with Crippen molar-refractivity contribution in [2.75, 3.05) is 26.2 Å². The lowest BCUT2D eigenvalue weighted by molar-refractivity contribution is 0.261. The van der Waals surface area contributed by atoms with E-state index in [0.717, 1.165) is 50.1 Å². The van der Waals surface area contributed by atoms with E-state index in [9.17, 15) is 0 Å². The molecule has 0 saturated carbocycles. The predicted octanol–water partition coefficient (Wildman–Crippen LogP) is 8.16. The van der Waals surface area contributed by atoms with E-state index < -0.39 is 0 Å². The molecule has 8 aromatic rings. The van der Waals surface area contributed by atoms with Gasteiger partial charge >= 0.3 is 0 Å². The Kier molecular flexibility index (Phi) is 10.6. The fourth-order valence-corrected chi connectivity index (χ4v) is 8.36. The number of benzene rings is 6. The maximum absolute atomic E-state index is 4.78. The summed E-state index contributed by atoms with van der Waals surface area (Å²) >= 11 is 0. The molecule has 6 aromatic carbocycles. The summed E-state index contributed by atoms with van der Waals surface area (Å²) in [5, 5.41) is 39.3. The van der Waals surface area contributed by atoms with Gasteiger partial charge in [-0.1, -0.05) is 133 Å². The molecule has 0 bridgehead atoms. The van der Waals surface area contributed by atoms with Crippen molar-refractivity contribution in [3.05, 3.63) is 157 Å². The Hall–Kier alpha value is -6.10. The van der Waals surface area contributed by atoms with Gasteiger partial charge < -0.3 is 10.6 Å². The number of aromatic nitrogens is 8. The van der Waals surface area contributed by atoms with Crippen molar-refractivity contribution in [3.63, 3.8) is 0 Å². The van der Waals surface area contributed by atoms with Crippen LogP contribution < -0.4 is 10.6 Å². The van der Waals surface area contributed by atoms with Gasteiger partial charge in [0.2, 0.25) is 11.6 Å². The number of nitrogens with zero attached hydrogens (tertiary/aromatic N) is 8. The van der Waals surface area contributed by atoms with Crippen LogP contribution in [0.2, 0.25) is 0 Å². The van der Waals surface area contributed by atoms with Crippen LogP contribution in [0, 0.1) is 11.8 Å². The molecule has 2 N–H and O–H groups in total. The highest BCUT2D eigenvalue weighted by Gasteiger charge is 2.30. The van der Waals surface area contributed by atoms with E-state index in [0.29, 0.717) is 23.5 Å². The third-order valence-electron chi connectivity index (χ3n) is 11.2. The van der Waals surface area contributed by atoms with Gasteiger partial charge in [0.15, 0.2) is 0 Å². The Balaban J connectivity index is 0.000000146. The molecule has 2 aromatic heterocycles. The van der Waals surface area contributed by atoms with Gasteiger partial charge in [-0.3, -0.25) is 0 Å². The van der Waals surface area contributed by atoms with Crippen LogP contribution in [0.1, 0.15) is 48.9 Å². The zero-order chi connectivity index (χ0) is 37.5. The number of hydrogen-bond donors (Lipinski definition) is 2. The Labute approximate surface area is 327 Å². The third-order valence-corrected chi connectivity index (χ3v) is 11.2. The first-order valence-corrected chi connectivity index (χ1v) is 19.9. The molecule has 10 rings (SSSR count). The summed E-state index contributed by atoms with van der Waals surface area (Å²) in [6, 6.07) is 50.6. The largest absolute Gasteiger partial charge is 0.316 e. The molecule has 56 heavy (non-hydrogen) atoms. The van der Waals surface area contributed by atoms with Gasteiger partial charge in [-0.2, -0.15) is 9.59 Å². The molecule has 4 heterocycles. The number of hydrogen-bond acceptors (Lipinski definition) is 8. The second-order valence-corrected chi connectivity index (χ2v) is 14.9. The number of rotatable bonds is 8. The van der Waals surface area contributed by atoms with Crippen LogP contribution in [0.5, 0.6) is 0 Å². The minimum atomic E-state index is 0.0716. The van der Waals surface area contributed by atoms with E-state index in [4.69, 9.17) is 10.2 Å². The zero-order valence-electron chi connectivity index (χ0n) is 31.4. The highest BCUT2D eigenvalue weighted by atomic mass is 15.6. The zero-order valence-corrected chi connectivity index (χ0v) is 31.4. The molecule has 2 saturated heterocycles. The van der Waals surface area contributed by atoms with Gasteiger partial charge in [-0.25, -0.2) is 0 Å². The molecule has 0 spiro atoms. The number of piperidine rings is 2. The molecule has 0 aliphatic carbocycles. The summed E-state index contributed by atoms with van der Waals surface area (Å²) in [7, 11) is 0. The fourth-order valence-electron chi connectivity index (χ4n) is 8.36. The van der Waals surface area contributed by atoms with Crippen LogP contribution in [-0.4, -0.2) is 66.6 Å². The minimum absolute atomic E-state index is 0.0716. The topological polar surface area (TPSA) is 111 Å². The lowest BCUT2D eigenvalue weighted by Gasteiger charge is -2.30. The van der Waals surface area contributed by atoms with Crippen molar-refractivity contribution in [3.8, 4) is 22.8 Å². The second kappa shape index (κ2) is 16.7. The van der Waals surface area contributed by atoms with Crippen molar-refractivity contribution in [2.24, 2.45) is 11.8 Å². The van der Waals surface area contributed by atoms with E-state index in [1.807, 2.05) is 70.3 Å². The Bertz CT molecular complexity index is 2310. The van der Waals surface area contributed by atoms with E-state index in [-0.39, 0.29) is 12.1 Å². The van der Waals surface area contributed by atoms with Crippen LogP contribution in [0.15, 0.2) is 146 Å². The molecule has 0 radical (unpaired) electrons. The van der Waals surface area contributed by atoms with Gasteiger partial charge in [-0.05, 0) is 106 Å². The maximum atomic E-state index is 4.78. The lowest BCUT2D eigenvalue weighted by Crippen LogP contribution is -2.36. The fraction of sp³-hybridized carbons (Fsp3) is 0.261. The highest BCUT2D eigenvalue weighted by molar-refractivity contribution is 5.84. The number of tetrazole rings is 2. The summed E-state index contributed by atoms with van der Waals surface area (Å²) in [5.41, 5.74) is 4.47. The predicted molar refractivity (Wildman–Crippen MR) is 222 cm³/mol. The van der Waals surface area contributed by atoms with Gasteiger partial charge in [0.25, 0.3) is 0 Å². The molecule has 280 valence electrons. The Morgan fingerprint density at radius 3 is 1.29 bits per heavy atom. The molecule has 2 fully saturated rings. The molecule has 2 aliphatic rings. The first-order chi connectivity index (χ1) is 27.8. The van der Waals surface area contributed by atoms with Crippen molar-refractivity contribution >= 4 is 21.5 Å². The van der Waals surface area contributed by atoms with Crippen LogP contribution in [-0.2, 0) is 0 Å². The van der Waals surface area contributed by atoms with Crippen molar-refractivity contribution in [1.29, 1.82) is 0 Å². The van der Waals surface area contributed by atoms with E-state index in [1.165, 1.54) is 45.5 Å². The normalized spacial score (nSPS) is 18.2. The van der Waals surface area contributed by atoms with Crippen molar-refractivity contribution < 1.29 is 0 Å². The summed E-state index contributed by atoms with van der Waals surface area (Å²) in [4.78, 5) is 3.65. The lowest BCUT2D eigenvalue weighted by atomic mass is 9.87. The molecule has 2 aliphatic heterocycles. The van der Waals surface area contributed by atoms with Gasteiger partial charge in [0, 0.05) is 24.2 Å². The molecule has 10 heteroatoms. The van der Waals surface area contributed by atoms with Crippen LogP contribution in [0.25, 0.3) is 44.3 Å². The summed E-state index contributed by atoms with van der Waals surface area (Å²) in [6.45, 7) is 4.11. The summed E-state index contributed by atoms with van der Waals surface area (Å²) < 4.78 is 0. The quantitative estimate of drug-likeness (QED) is 0.161. The molecular formula is C46H46N10. The molecule has 10 nitrogen and oxygen atoms in total. The van der Waals surface area contributed by atoms with E-state index >= 15 is 0 Å². The SMILES string of the molecule is c1ccc(-c2nnn([C@@H](c3ccc4ccccc4c3)[C@H]3CCCNC3)n2)cc1.c1ccc(-c2nnn([C@H](c3ccc4ccccc4c3)[C@@H]3CCCNC3)n2)cc1. The molecule has 0 amide bonds. The van der Waals surface area contributed by atoms with Crippen LogP contribution in [0.3, 0.4) is 0 Å². The third kappa shape index (κ3) is 7.84. The average molecular weight is 739 g/mol. The van der Waals surface area contributed by atoms with E-state index in [2.05, 4.69) is 116 Å². The average Bonchev–Trinajstić information content (AvgIpc) is 3.97. The highest BCUT2D eigenvalue weighted by Crippen LogP contribution is 2.34. The first-order valence-electron chi connectivity index (χ1n) is 19.9. The second-order valence-electron chi connectivity index (χ2n) is 14.9. The van der Waals surface area contributed by atoms with Crippen LogP contribution >= 0.6 is 0 Å². The van der Waals surface area contributed by atoms with Gasteiger partial charge in [0.1, 0.15) is 12.1 Å². The Morgan fingerprint density at radius 1 is 0.464 bits per heavy atom. The summed E-state index contributed by atoms with van der Waals surface area (Å²) in [6.07, 6.45) is 4.67. The number of nitrogens with one attached hydrogen (secondary N) is 2. The smallest absolute Gasteiger partial charge is 0.204 e. The van der Waals surface area contributed by atoms with Crippen LogP contribution in [0.4, 0.5) is 0 Å². The monoisotopic (exact) mass is 738 g/mol. The molecule has 4 atom stereocenters.